The van der Waals surface area contributed by atoms with Crippen LogP contribution in [0.3, 0.4) is 0 Å². The third kappa shape index (κ3) is 2.38. The third-order valence-corrected chi connectivity index (χ3v) is 4.09. The largest absolute Gasteiger partial charge is 0.383 e. The first kappa shape index (κ1) is 13.1. The van der Waals surface area contributed by atoms with Crippen LogP contribution in [0.15, 0.2) is 23.1 Å². The predicted octanol–water partition coefficient (Wildman–Crippen LogP) is 0.688. The molecule has 1 aromatic heterocycles. The second kappa shape index (κ2) is 4.86. The minimum atomic E-state index is -0.601. The number of aromatic nitrogens is 2. The van der Waals surface area contributed by atoms with Gasteiger partial charge in [0.2, 0.25) is 0 Å². The van der Waals surface area contributed by atoms with Crippen molar-refractivity contribution in [2.24, 2.45) is 10.7 Å². The average Bonchev–Trinajstić information content (AvgIpc) is 2.84. The van der Waals surface area contributed by atoms with Gasteiger partial charge < -0.3 is 16.4 Å². The number of rotatable bonds is 3. The highest BCUT2D eigenvalue weighted by Crippen LogP contribution is 2.28. The lowest BCUT2D eigenvalue weighted by molar-refractivity contribution is 0.372. The van der Waals surface area contributed by atoms with Gasteiger partial charge in [0.05, 0.1) is 5.69 Å². The van der Waals surface area contributed by atoms with Crippen molar-refractivity contribution in [2.75, 3.05) is 19.3 Å². The van der Waals surface area contributed by atoms with Gasteiger partial charge in [-0.2, -0.15) is 0 Å². The number of nitrogens with two attached hydrogens (primary N) is 2. The molecule has 0 saturated carbocycles. The SMILES string of the molecule is CN1CCC=C1CCC1(N)Cc2c(N)ncnc2C=N1. The molecule has 2 aliphatic heterocycles. The van der Waals surface area contributed by atoms with Crippen LogP contribution in [0, 0.1) is 0 Å². The van der Waals surface area contributed by atoms with Crippen LogP contribution in [-0.2, 0) is 6.42 Å². The van der Waals surface area contributed by atoms with Crippen LogP contribution in [0.25, 0.3) is 0 Å². The van der Waals surface area contributed by atoms with Gasteiger partial charge in [-0.3, -0.25) is 4.99 Å². The van der Waals surface area contributed by atoms with E-state index in [9.17, 15) is 0 Å². The smallest absolute Gasteiger partial charge is 0.130 e. The van der Waals surface area contributed by atoms with Gasteiger partial charge in [0.1, 0.15) is 17.8 Å². The maximum atomic E-state index is 6.41. The van der Waals surface area contributed by atoms with E-state index in [1.165, 1.54) is 12.0 Å². The Morgan fingerprint density at radius 3 is 3.00 bits per heavy atom. The number of hydrogen-bond donors (Lipinski definition) is 2. The van der Waals surface area contributed by atoms with E-state index < -0.39 is 5.66 Å². The van der Waals surface area contributed by atoms with Crippen molar-refractivity contribution in [3.63, 3.8) is 0 Å². The van der Waals surface area contributed by atoms with E-state index in [4.69, 9.17) is 11.5 Å². The molecule has 3 heterocycles. The number of nitrogens with zero attached hydrogens (tertiary/aromatic N) is 4. The van der Waals surface area contributed by atoms with E-state index in [0.29, 0.717) is 12.2 Å². The standard InChI is InChI=1S/C14H20N6/c1-20-6-2-3-10(20)4-5-14(16)7-11-12(8-19-14)17-9-18-13(11)15/h3,8-9H,2,4-7,16H2,1H3,(H2,15,17,18). The molecule has 3 rings (SSSR count). The van der Waals surface area contributed by atoms with Crippen LogP contribution in [-0.4, -0.2) is 40.3 Å². The molecule has 20 heavy (non-hydrogen) atoms. The highest BCUT2D eigenvalue weighted by molar-refractivity contribution is 5.82. The maximum absolute atomic E-state index is 6.41. The molecule has 2 aliphatic rings. The Kier molecular flexibility index (Phi) is 3.17. The second-order valence-corrected chi connectivity index (χ2v) is 5.57. The van der Waals surface area contributed by atoms with Crippen LogP contribution < -0.4 is 11.5 Å². The number of hydrogen-bond acceptors (Lipinski definition) is 6. The molecule has 0 bridgehead atoms. The summed E-state index contributed by atoms with van der Waals surface area (Å²) in [6.07, 6.45) is 8.92. The monoisotopic (exact) mass is 272 g/mol. The zero-order valence-corrected chi connectivity index (χ0v) is 11.7. The van der Waals surface area contributed by atoms with Crippen LogP contribution >= 0.6 is 0 Å². The summed E-state index contributed by atoms with van der Waals surface area (Å²) in [4.78, 5) is 15.0. The molecule has 6 nitrogen and oxygen atoms in total. The fourth-order valence-electron chi connectivity index (χ4n) is 2.79. The van der Waals surface area contributed by atoms with E-state index in [2.05, 4.69) is 33.0 Å². The van der Waals surface area contributed by atoms with Crippen molar-refractivity contribution < 1.29 is 0 Å². The molecule has 0 radical (unpaired) electrons. The summed E-state index contributed by atoms with van der Waals surface area (Å²) >= 11 is 0. The Hall–Kier alpha value is -1.95. The van der Waals surface area contributed by atoms with E-state index >= 15 is 0 Å². The topological polar surface area (TPSA) is 93.4 Å². The number of anilines is 1. The minimum absolute atomic E-state index is 0.508. The third-order valence-electron chi connectivity index (χ3n) is 4.09. The highest BCUT2D eigenvalue weighted by Gasteiger charge is 2.30. The van der Waals surface area contributed by atoms with E-state index in [0.717, 1.165) is 37.1 Å². The molecule has 0 aromatic carbocycles. The van der Waals surface area contributed by atoms with Crippen LogP contribution in [0.4, 0.5) is 5.82 Å². The zero-order chi connectivity index (χ0) is 14.2. The normalized spacial score (nSPS) is 24.7. The lowest BCUT2D eigenvalue weighted by atomic mass is 9.92. The van der Waals surface area contributed by atoms with Crippen molar-refractivity contribution >= 4 is 12.0 Å². The van der Waals surface area contributed by atoms with Crippen LogP contribution in [0.5, 0.6) is 0 Å². The maximum Gasteiger partial charge on any atom is 0.130 e. The van der Waals surface area contributed by atoms with Crippen molar-refractivity contribution in [2.45, 2.75) is 31.3 Å². The molecular weight excluding hydrogens is 252 g/mol. The first-order valence-electron chi connectivity index (χ1n) is 6.91. The quantitative estimate of drug-likeness (QED) is 0.844. The van der Waals surface area contributed by atoms with Gasteiger partial charge in [-0.05, 0) is 19.3 Å². The Morgan fingerprint density at radius 1 is 1.40 bits per heavy atom. The Balaban J connectivity index is 1.73. The molecule has 4 N–H and O–H groups in total. The number of aliphatic imine (C=N–C) groups is 1. The zero-order valence-electron chi connectivity index (χ0n) is 11.7. The van der Waals surface area contributed by atoms with Gasteiger partial charge in [-0.25, -0.2) is 9.97 Å². The molecule has 0 spiro atoms. The number of allylic oxidation sites excluding steroid dienone is 1. The number of nitrogen functional groups attached to an aromatic ring is 1. The van der Waals surface area contributed by atoms with E-state index in [1.54, 1.807) is 6.21 Å². The van der Waals surface area contributed by atoms with Gasteiger partial charge in [0.15, 0.2) is 0 Å². The summed E-state index contributed by atoms with van der Waals surface area (Å²) < 4.78 is 0. The highest BCUT2D eigenvalue weighted by atomic mass is 15.1. The van der Waals surface area contributed by atoms with Crippen molar-refractivity contribution in [3.8, 4) is 0 Å². The lowest BCUT2D eigenvalue weighted by Crippen LogP contribution is -2.43. The Bertz CT molecular complexity index is 579. The van der Waals surface area contributed by atoms with Gasteiger partial charge in [0, 0.05) is 37.5 Å². The van der Waals surface area contributed by atoms with Gasteiger partial charge in [-0.1, -0.05) is 6.08 Å². The van der Waals surface area contributed by atoms with Crippen molar-refractivity contribution in [1.29, 1.82) is 0 Å². The summed E-state index contributed by atoms with van der Waals surface area (Å²) in [5, 5.41) is 0. The molecule has 6 heteroatoms. The van der Waals surface area contributed by atoms with E-state index in [1.807, 2.05) is 0 Å². The minimum Gasteiger partial charge on any atom is -0.383 e. The number of fused-ring (bicyclic) bond motifs is 1. The molecule has 0 saturated heterocycles. The molecule has 1 atom stereocenters. The Labute approximate surface area is 118 Å². The molecule has 1 unspecified atom stereocenters. The summed E-state index contributed by atoms with van der Waals surface area (Å²) in [6, 6.07) is 0. The molecule has 0 fully saturated rings. The fourth-order valence-corrected chi connectivity index (χ4v) is 2.79. The fraction of sp³-hybridized carbons (Fsp3) is 0.500. The lowest BCUT2D eigenvalue weighted by Gasteiger charge is -2.30. The second-order valence-electron chi connectivity index (χ2n) is 5.57. The van der Waals surface area contributed by atoms with Crippen LogP contribution in [0.2, 0.25) is 0 Å². The molecule has 1 aromatic rings. The first-order valence-corrected chi connectivity index (χ1v) is 6.91. The molecular formula is C14H20N6. The summed E-state index contributed by atoms with van der Waals surface area (Å²) in [5.74, 6) is 0.508. The Morgan fingerprint density at radius 2 is 2.25 bits per heavy atom. The van der Waals surface area contributed by atoms with Gasteiger partial charge >= 0.3 is 0 Å². The summed E-state index contributed by atoms with van der Waals surface area (Å²) in [5.41, 5.74) is 14.8. The summed E-state index contributed by atoms with van der Waals surface area (Å²) in [6.45, 7) is 1.10. The summed E-state index contributed by atoms with van der Waals surface area (Å²) in [7, 11) is 2.12. The first-order chi connectivity index (χ1) is 9.57. The molecule has 0 amide bonds. The van der Waals surface area contributed by atoms with Crippen LogP contribution in [0.1, 0.15) is 30.5 Å². The van der Waals surface area contributed by atoms with Crippen molar-refractivity contribution in [3.05, 3.63) is 29.4 Å². The predicted molar refractivity (Wildman–Crippen MR) is 79.2 cm³/mol. The average molecular weight is 272 g/mol. The van der Waals surface area contributed by atoms with E-state index in [-0.39, 0.29) is 0 Å². The molecule has 0 aliphatic carbocycles. The van der Waals surface area contributed by atoms with Gasteiger partial charge in [0.25, 0.3) is 0 Å². The van der Waals surface area contributed by atoms with Crippen molar-refractivity contribution in [1.82, 2.24) is 14.9 Å². The van der Waals surface area contributed by atoms with Gasteiger partial charge in [-0.15, -0.1) is 0 Å². The molecule has 106 valence electrons.